The molecule has 1 aromatic carbocycles. The Kier molecular flexibility index (Phi) is 5.71. The molecule has 0 saturated carbocycles. The van der Waals surface area contributed by atoms with Crippen LogP contribution in [0.25, 0.3) is 0 Å². The molecule has 1 aromatic heterocycles. The third kappa shape index (κ3) is 4.60. The summed E-state index contributed by atoms with van der Waals surface area (Å²) in [6.07, 6.45) is 3.38. The van der Waals surface area contributed by atoms with E-state index < -0.39 is 11.6 Å². The molecule has 2 unspecified atom stereocenters. The van der Waals surface area contributed by atoms with E-state index in [-0.39, 0.29) is 17.9 Å². The molecule has 1 aliphatic rings. The first-order chi connectivity index (χ1) is 12.1. The molecule has 2 aromatic rings. The maximum atomic E-state index is 13.5. The molecular weight excluding hydrogens is 324 g/mol. The normalized spacial score (nSPS) is 20.2. The number of carbonyl (C=O) groups excluding carboxylic acids is 1. The Bertz CT molecular complexity index is 724. The standard InChI is InChI=1S/C19H21F2N3O/c20-16-6-4-13(11-17(16)21)15-8-10-22-12-18(15)24-19(25)7-5-14-3-1-2-9-23-14/h1-4,6,9,11,15,18,22H,5,7-8,10,12H2,(H,24,25). The van der Waals surface area contributed by atoms with Gasteiger partial charge in [0.1, 0.15) is 0 Å². The Morgan fingerprint density at radius 2 is 2.12 bits per heavy atom. The van der Waals surface area contributed by atoms with Crippen LogP contribution in [0.3, 0.4) is 0 Å². The van der Waals surface area contributed by atoms with Crippen LogP contribution in [0, 0.1) is 11.6 Å². The molecule has 2 atom stereocenters. The number of nitrogens with zero attached hydrogens (tertiary/aromatic N) is 1. The number of nitrogens with one attached hydrogen (secondary N) is 2. The summed E-state index contributed by atoms with van der Waals surface area (Å²) in [7, 11) is 0. The minimum Gasteiger partial charge on any atom is -0.351 e. The van der Waals surface area contributed by atoms with Crippen LogP contribution in [-0.4, -0.2) is 30.0 Å². The van der Waals surface area contributed by atoms with Crippen molar-refractivity contribution in [1.29, 1.82) is 0 Å². The lowest BCUT2D eigenvalue weighted by molar-refractivity contribution is -0.122. The molecule has 1 saturated heterocycles. The van der Waals surface area contributed by atoms with Gasteiger partial charge < -0.3 is 10.6 Å². The van der Waals surface area contributed by atoms with Crippen molar-refractivity contribution in [2.24, 2.45) is 0 Å². The second-order valence-corrected chi connectivity index (χ2v) is 6.27. The van der Waals surface area contributed by atoms with Crippen molar-refractivity contribution < 1.29 is 13.6 Å². The number of halogens is 2. The first kappa shape index (κ1) is 17.5. The molecule has 6 heteroatoms. The number of hydrogen-bond acceptors (Lipinski definition) is 3. The highest BCUT2D eigenvalue weighted by Crippen LogP contribution is 2.27. The maximum absolute atomic E-state index is 13.5. The number of aromatic nitrogens is 1. The molecule has 25 heavy (non-hydrogen) atoms. The predicted molar refractivity (Wildman–Crippen MR) is 91.1 cm³/mol. The van der Waals surface area contributed by atoms with Gasteiger partial charge in [-0.3, -0.25) is 9.78 Å². The Morgan fingerprint density at radius 1 is 1.24 bits per heavy atom. The lowest BCUT2D eigenvalue weighted by Crippen LogP contribution is -2.50. The molecule has 1 fully saturated rings. The Balaban J connectivity index is 1.62. The van der Waals surface area contributed by atoms with Gasteiger partial charge in [-0.2, -0.15) is 0 Å². The molecule has 0 bridgehead atoms. The van der Waals surface area contributed by atoms with E-state index in [4.69, 9.17) is 0 Å². The van der Waals surface area contributed by atoms with Crippen molar-refractivity contribution in [2.45, 2.75) is 31.2 Å². The summed E-state index contributed by atoms with van der Waals surface area (Å²) in [6.45, 7) is 1.39. The van der Waals surface area contributed by atoms with E-state index in [0.717, 1.165) is 30.3 Å². The quantitative estimate of drug-likeness (QED) is 0.876. The number of piperidine rings is 1. The monoisotopic (exact) mass is 345 g/mol. The molecule has 3 rings (SSSR count). The fraction of sp³-hybridized carbons (Fsp3) is 0.368. The van der Waals surface area contributed by atoms with Crippen LogP contribution in [0.5, 0.6) is 0 Å². The zero-order chi connectivity index (χ0) is 17.6. The van der Waals surface area contributed by atoms with E-state index in [1.54, 1.807) is 12.3 Å². The number of hydrogen-bond donors (Lipinski definition) is 2. The summed E-state index contributed by atoms with van der Waals surface area (Å²) in [5.74, 6) is -1.80. The Hall–Kier alpha value is -2.34. The summed E-state index contributed by atoms with van der Waals surface area (Å²) in [4.78, 5) is 16.5. The largest absolute Gasteiger partial charge is 0.351 e. The predicted octanol–water partition coefficient (Wildman–Crippen LogP) is 2.55. The molecule has 1 amide bonds. The van der Waals surface area contributed by atoms with Gasteiger partial charge in [0.25, 0.3) is 0 Å². The van der Waals surface area contributed by atoms with Crippen molar-refractivity contribution in [3.8, 4) is 0 Å². The molecule has 2 N–H and O–H groups in total. The van der Waals surface area contributed by atoms with Crippen LogP contribution in [0.15, 0.2) is 42.6 Å². The van der Waals surface area contributed by atoms with Gasteiger partial charge in [0, 0.05) is 36.8 Å². The van der Waals surface area contributed by atoms with E-state index in [2.05, 4.69) is 15.6 Å². The summed E-state index contributed by atoms with van der Waals surface area (Å²) >= 11 is 0. The van der Waals surface area contributed by atoms with Crippen LogP contribution in [0.4, 0.5) is 8.78 Å². The van der Waals surface area contributed by atoms with E-state index in [1.165, 1.54) is 6.07 Å². The van der Waals surface area contributed by atoms with Crippen LogP contribution in [-0.2, 0) is 11.2 Å². The summed E-state index contributed by atoms with van der Waals surface area (Å²) < 4.78 is 26.7. The molecule has 0 aliphatic carbocycles. The van der Waals surface area contributed by atoms with Gasteiger partial charge in [-0.25, -0.2) is 8.78 Å². The van der Waals surface area contributed by atoms with E-state index >= 15 is 0 Å². The second kappa shape index (κ2) is 8.16. The van der Waals surface area contributed by atoms with E-state index in [1.807, 2.05) is 18.2 Å². The number of aryl methyl sites for hydroxylation is 1. The third-order valence-electron chi connectivity index (χ3n) is 4.53. The molecule has 2 heterocycles. The minimum absolute atomic E-state index is 0.0323. The van der Waals surface area contributed by atoms with Gasteiger partial charge in [-0.15, -0.1) is 0 Å². The van der Waals surface area contributed by atoms with Crippen molar-refractivity contribution in [1.82, 2.24) is 15.6 Å². The van der Waals surface area contributed by atoms with Crippen molar-refractivity contribution >= 4 is 5.91 Å². The number of carbonyl (C=O) groups is 1. The molecule has 0 radical (unpaired) electrons. The van der Waals surface area contributed by atoms with Gasteiger partial charge in [0.05, 0.1) is 0 Å². The average molecular weight is 345 g/mol. The van der Waals surface area contributed by atoms with Crippen molar-refractivity contribution in [3.05, 3.63) is 65.5 Å². The topological polar surface area (TPSA) is 54.0 Å². The van der Waals surface area contributed by atoms with Gasteiger partial charge in [0.2, 0.25) is 5.91 Å². The lowest BCUT2D eigenvalue weighted by Gasteiger charge is -2.33. The van der Waals surface area contributed by atoms with Crippen LogP contribution in [0.2, 0.25) is 0 Å². The highest BCUT2D eigenvalue weighted by atomic mass is 19.2. The maximum Gasteiger partial charge on any atom is 0.220 e. The second-order valence-electron chi connectivity index (χ2n) is 6.27. The average Bonchev–Trinajstić information content (AvgIpc) is 2.64. The number of benzene rings is 1. The fourth-order valence-electron chi connectivity index (χ4n) is 3.22. The first-order valence-corrected chi connectivity index (χ1v) is 8.48. The van der Waals surface area contributed by atoms with Crippen LogP contribution >= 0.6 is 0 Å². The van der Waals surface area contributed by atoms with Gasteiger partial charge >= 0.3 is 0 Å². The Labute approximate surface area is 145 Å². The molecular formula is C19H21F2N3O. The van der Waals surface area contributed by atoms with Crippen LogP contribution in [0.1, 0.15) is 30.0 Å². The van der Waals surface area contributed by atoms with Crippen LogP contribution < -0.4 is 10.6 Å². The smallest absolute Gasteiger partial charge is 0.220 e. The summed E-state index contributed by atoms with van der Waals surface area (Å²) in [6, 6.07) is 9.45. The first-order valence-electron chi connectivity index (χ1n) is 8.48. The number of rotatable bonds is 5. The lowest BCUT2D eigenvalue weighted by atomic mass is 9.86. The summed E-state index contributed by atoms with van der Waals surface area (Å²) in [5.41, 5.74) is 1.59. The molecule has 132 valence electrons. The highest BCUT2D eigenvalue weighted by molar-refractivity contribution is 5.76. The fourth-order valence-corrected chi connectivity index (χ4v) is 3.22. The number of amides is 1. The zero-order valence-electron chi connectivity index (χ0n) is 13.8. The summed E-state index contributed by atoms with van der Waals surface area (Å²) in [5, 5.41) is 6.27. The van der Waals surface area contributed by atoms with E-state index in [9.17, 15) is 13.6 Å². The third-order valence-corrected chi connectivity index (χ3v) is 4.53. The van der Waals surface area contributed by atoms with E-state index in [0.29, 0.717) is 19.4 Å². The van der Waals surface area contributed by atoms with Gasteiger partial charge in [-0.1, -0.05) is 12.1 Å². The zero-order valence-corrected chi connectivity index (χ0v) is 13.8. The Morgan fingerprint density at radius 3 is 2.88 bits per heavy atom. The molecule has 0 spiro atoms. The van der Waals surface area contributed by atoms with Crippen molar-refractivity contribution in [3.63, 3.8) is 0 Å². The highest BCUT2D eigenvalue weighted by Gasteiger charge is 2.28. The molecule has 1 aliphatic heterocycles. The van der Waals surface area contributed by atoms with Gasteiger partial charge in [-0.05, 0) is 49.2 Å². The van der Waals surface area contributed by atoms with Gasteiger partial charge in [0.15, 0.2) is 11.6 Å². The number of pyridine rings is 1. The van der Waals surface area contributed by atoms with Crippen molar-refractivity contribution in [2.75, 3.05) is 13.1 Å². The molecule has 4 nitrogen and oxygen atoms in total. The SMILES string of the molecule is O=C(CCc1ccccn1)NC1CNCCC1c1ccc(F)c(F)c1. The minimum atomic E-state index is -0.853.